The third-order valence-corrected chi connectivity index (χ3v) is 3.93. The maximum Gasteiger partial charge on any atom is 0.319 e. The average Bonchev–Trinajstić information content (AvgIpc) is 2.43. The first-order valence-corrected chi connectivity index (χ1v) is 7.03. The quantitative estimate of drug-likeness (QED) is 0.610. The van der Waals surface area contributed by atoms with Crippen molar-refractivity contribution in [2.45, 2.75) is 42.9 Å². The molecule has 0 aromatic heterocycles. The van der Waals surface area contributed by atoms with E-state index in [1.165, 1.54) is 18.9 Å². The number of aliphatic hydroxyl groups is 1. The van der Waals surface area contributed by atoms with Crippen LogP contribution in [0.15, 0.2) is 29.2 Å². The van der Waals surface area contributed by atoms with E-state index in [4.69, 9.17) is 9.84 Å². The number of carbonyl (C=O) groups excluding carboxylic acids is 1. The van der Waals surface area contributed by atoms with E-state index in [0.717, 1.165) is 29.7 Å². The summed E-state index contributed by atoms with van der Waals surface area (Å²) in [7, 11) is 1.43. The van der Waals surface area contributed by atoms with Crippen molar-refractivity contribution in [2.24, 2.45) is 0 Å². The number of hydrogen-bond acceptors (Lipinski definition) is 4. The van der Waals surface area contributed by atoms with E-state index in [9.17, 15) is 4.79 Å². The fourth-order valence-corrected chi connectivity index (χ4v) is 2.68. The molecule has 0 amide bonds. The molecule has 1 aromatic rings. The van der Waals surface area contributed by atoms with Gasteiger partial charge < -0.3 is 9.84 Å². The highest BCUT2D eigenvalue weighted by Gasteiger charge is 2.19. The van der Waals surface area contributed by atoms with E-state index < -0.39 is 0 Å². The van der Waals surface area contributed by atoms with Gasteiger partial charge in [-0.3, -0.25) is 4.79 Å². The van der Waals surface area contributed by atoms with Gasteiger partial charge in [0.25, 0.3) is 0 Å². The van der Waals surface area contributed by atoms with Crippen LogP contribution >= 0.6 is 11.8 Å². The summed E-state index contributed by atoms with van der Waals surface area (Å²) in [5.74, 6) is -0.167. The minimum absolute atomic E-state index is 0.0429. The molecule has 4 heteroatoms. The van der Waals surface area contributed by atoms with Gasteiger partial charge in [0.15, 0.2) is 0 Å². The van der Waals surface area contributed by atoms with Gasteiger partial charge in [0.1, 0.15) is 5.25 Å². The second kappa shape index (κ2) is 8.16. The van der Waals surface area contributed by atoms with Gasteiger partial charge >= 0.3 is 5.97 Å². The predicted molar refractivity (Wildman–Crippen MR) is 73.6 cm³/mol. The van der Waals surface area contributed by atoms with Crippen molar-refractivity contribution in [3.8, 4) is 0 Å². The number of aliphatic hydroxyl groups excluding tert-OH is 1. The lowest BCUT2D eigenvalue weighted by molar-refractivity contribution is -0.140. The highest BCUT2D eigenvalue weighted by Crippen LogP contribution is 2.27. The number of hydrogen-bond donors (Lipinski definition) is 1. The van der Waals surface area contributed by atoms with Gasteiger partial charge in [-0.2, -0.15) is 0 Å². The topological polar surface area (TPSA) is 46.5 Å². The van der Waals surface area contributed by atoms with Gasteiger partial charge in [0.05, 0.1) is 13.7 Å². The molecule has 1 N–H and O–H groups in total. The van der Waals surface area contributed by atoms with E-state index in [1.54, 1.807) is 0 Å². The number of thioether (sulfide) groups is 1. The second-order valence-electron chi connectivity index (χ2n) is 4.07. The number of rotatable bonds is 7. The molecule has 0 saturated heterocycles. The van der Waals surface area contributed by atoms with Gasteiger partial charge in [-0.05, 0) is 24.1 Å². The van der Waals surface area contributed by atoms with Crippen LogP contribution in [0.25, 0.3) is 0 Å². The van der Waals surface area contributed by atoms with Crippen LogP contribution in [-0.2, 0) is 16.1 Å². The van der Waals surface area contributed by atoms with Crippen molar-refractivity contribution in [2.75, 3.05) is 7.11 Å². The van der Waals surface area contributed by atoms with Gasteiger partial charge in [-0.25, -0.2) is 0 Å². The molecule has 0 aliphatic carbocycles. The summed E-state index contributed by atoms with van der Waals surface area (Å²) < 4.78 is 4.83. The zero-order chi connectivity index (χ0) is 13.4. The van der Waals surface area contributed by atoms with Crippen molar-refractivity contribution in [3.05, 3.63) is 29.8 Å². The number of carbonyl (C=O) groups is 1. The Labute approximate surface area is 113 Å². The second-order valence-corrected chi connectivity index (χ2v) is 5.35. The molecule has 1 rings (SSSR count). The first kappa shape index (κ1) is 15.1. The fourth-order valence-electron chi connectivity index (χ4n) is 1.58. The lowest BCUT2D eigenvalue weighted by Crippen LogP contribution is -2.18. The molecule has 1 unspecified atom stereocenters. The Balaban J connectivity index is 2.65. The number of methoxy groups -OCH3 is 1. The molecule has 0 fully saturated rings. The van der Waals surface area contributed by atoms with Crippen LogP contribution in [0.3, 0.4) is 0 Å². The smallest absolute Gasteiger partial charge is 0.319 e. The Bertz CT molecular complexity index is 362. The first-order chi connectivity index (χ1) is 8.71. The molecule has 1 atom stereocenters. The molecule has 0 spiro atoms. The van der Waals surface area contributed by atoms with Crippen LogP contribution in [0.5, 0.6) is 0 Å². The highest BCUT2D eigenvalue weighted by atomic mass is 32.2. The Kier molecular flexibility index (Phi) is 6.83. The lowest BCUT2D eigenvalue weighted by Gasteiger charge is -2.13. The standard InChI is InChI=1S/C14H20O3S/c1-3-4-5-13(14(16)17-2)18-12-8-6-11(10-15)7-9-12/h6-9,13,15H,3-5,10H2,1-2H3. The van der Waals surface area contributed by atoms with Gasteiger partial charge in [0.2, 0.25) is 0 Å². The Morgan fingerprint density at radius 2 is 2.06 bits per heavy atom. The molecule has 1 aromatic carbocycles. The monoisotopic (exact) mass is 268 g/mol. The molecular formula is C14H20O3S. The van der Waals surface area contributed by atoms with Crippen LogP contribution in [0.4, 0.5) is 0 Å². The lowest BCUT2D eigenvalue weighted by atomic mass is 10.2. The number of unbranched alkanes of at least 4 members (excludes halogenated alkanes) is 1. The van der Waals surface area contributed by atoms with Crippen molar-refractivity contribution in [3.63, 3.8) is 0 Å². The van der Waals surface area contributed by atoms with E-state index in [2.05, 4.69) is 6.92 Å². The summed E-state index contributed by atoms with van der Waals surface area (Å²) in [6, 6.07) is 7.60. The molecule has 0 aliphatic rings. The molecule has 0 heterocycles. The average molecular weight is 268 g/mol. The predicted octanol–water partition coefficient (Wildman–Crippen LogP) is 3.00. The molecule has 3 nitrogen and oxygen atoms in total. The van der Waals surface area contributed by atoms with Crippen molar-refractivity contribution in [1.29, 1.82) is 0 Å². The number of esters is 1. The maximum atomic E-state index is 11.7. The van der Waals surface area contributed by atoms with Gasteiger partial charge in [-0.15, -0.1) is 11.8 Å². The number of ether oxygens (including phenoxy) is 1. The van der Waals surface area contributed by atoms with Crippen LogP contribution in [-0.4, -0.2) is 23.4 Å². The minimum Gasteiger partial charge on any atom is -0.468 e. The van der Waals surface area contributed by atoms with E-state index in [-0.39, 0.29) is 17.8 Å². The zero-order valence-corrected chi connectivity index (χ0v) is 11.7. The van der Waals surface area contributed by atoms with Gasteiger partial charge in [0, 0.05) is 4.90 Å². The first-order valence-electron chi connectivity index (χ1n) is 6.15. The molecule has 100 valence electrons. The Morgan fingerprint density at radius 1 is 1.39 bits per heavy atom. The normalized spacial score (nSPS) is 12.2. The van der Waals surface area contributed by atoms with E-state index >= 15 is 0 Å². The van der Waals surface area contributed by atoms with Gasteiger partial charge in [-0.1, -0.05) is 31.9 Å². The van der Waals surface area contributed by atoms with Crippen LogP contribution in [0, 0.1) is 0 Å². The maximum absolute atomic E-state index is 11.7. The fraction of sp³-hybridized carbons (Fsp3) is 0.500. The summed E-state index contributed by atoms with van der Waals surface area (Å²) in [5, 5.41) is 8.83. The number of benzene rings is 1. The molecule has 0 radical (unpaired) electrons. The Hall–Kier alpha value is -1.00. The highest BCUT2D eigenvalue weighted by molar-refractivity contribution is 8.00. The largest absolute Gasteiger partial charge is 0.468 e. The van der Waals surface area contributed by atoms with Crippen LogP contribution < -0.4 is 0 Å². The Morgan fingerprint density at radius 3 is 2.56 bits per heavy atom. The molecule has 18 heavy (non-hydrogen) atoms. The molecular weight excluding hydrogens is 248 g/mol. The van der Waals surface area contributed by atoms with Crippen molar-refractivity contribution >= 4 is 17.7 Å². The summed E-state index contributed by atoms with van der Waals surface area (Å²) in [6.07, 6.45) is 2.91. The van der Waals surface area contributed by atoms with Crippen molar-refractivity contribution in [1.82, 2.24) is 0 Å². The minimum atomic E-state index is -0.167. The molecule has 0 bridgehead atoms. The summed E-state index contributed by atoms with van der Waals surface area (Å²) in [6.45, 7) is 2.15. The van der Waals surface area contributed by atoms with Crippen molar-refractivity contribution < 1.29 is 14.6 Å². The third-order valence-electron chi connectivity index (χ3n) is 2.67. The zero-order valence-electron chi connectivity index (χ0n) is 10.9. The van der Waals surface area contributed by atoms with Crippen LogP contribution in [0.1, 0.15) is 31.7 Å². The van der Waals surface area contributed by atoms with E-state index in [0.29, 0.717) is 0 Å². The third kappa shape index (κ3) is 4.70. The van der Waals surface area contributed by atoms with Crippen LogP contribution in [0.2, 0.25) is 0 Å². The summed E-state index contributed by atoms with van der Waals surface area (Å²) in [5.41, 5.74) is 0.877. The summed E-state index contributed by atoms with van der Waals surface area (Å²) in [4.78, 5) is 12.7. The van der Waals surface area contributed by atoms with E-state index in [1.807, 2.05) is 24.3 Å². The SMILES string of the molecule is CCCCC(Sc1ccc(CO)cc1)C(=O)OC. The molecule has 0 aliphatic heterocycles. The molecule has 0 saturated carbocycles. The summed E-state index contributed by atoms with van der Waals surface area (Å²) >= 11 is 1.52.